The highest BCUT2D eigenvalue weighted by molar-refractivity contribution is 6.32. The molecule has 0 saturated carbocycles. The van der Waals surface area contributed by atoms with Gasteiger partial charge >= 0.3 is 0 Å². The Morgan fingerprint density at radius 2 is 1.74 bits per heavy atom. The van der Waals surface area contributed by atoms with Gasteiger partial charge < -0.3 is 9.26 Å². The molecule has 0 unspecified atom stereocenters. The predicted molar refractivity (Wildman–Crippen MR) is 103 cm³/mol. The highest BCUT2D eigenvalue weighted by Gasteiger charge is 2.21. The number of halogens is 1. The van der Waals surface area contributed by atoms with Crippen molar-refractivity contribution >= 4 is 11.6 Å². The van der Waals surface area contributed by atoms with E-state index in [2.05, 4.69) is 15.1 Å². The van der Waals surface area contributed by atoms with Crippen LogP contribution in [0.2, 0.25) is 5.02 Å². The Labute approximate surface area is 161 Å². The molecule has 0 amide bonds. The lowest BCUT2D eigenvalue weighted by Crippen LogP contribution is -2.00. The van der Waals surface area contributed by atoms with Gasteiger partial charge in [-0.3, -0.25) is 4.57 Å². The average molecular weight is 381 g/mol. The van der Waals surface area contributed by atoms with Crippen LogP contribution in [0.25, 0.3) is 28.7 Å². The third-order valence-corrected chi connectivity index (χ3v) is 4.66. The molecule has 0 saturated heterocycles. The molecule has 2 aromatic heterocycles. The molecular formula is C20H17ClN4O2. The Morgan fingerprint density at radius 3 is 2.52 bits per heavy atom. The highest BCUT2D eigenvalue weighted by Crippen LogP contribution is 2.32. The molecule has 4 aromatic rings. The van der Waals surface area contributed by atoms with Gasteiger partial charge in [0.1, 0.15) is 17.3 Å². The third kappa shape index (κ3) is 2.98. The maximum absolute atomic E-state index is 6.36. The third-order valence-electron chi connectivity index (χ3n) is 4.35. The minimum absolute atomic E-state index is 0.349. The van der Waals surface area contributed by atoms with Crippen molar-refractivity contribution in [2.75, 3.05) is 7.11 Å². The first-order valence-corrected chi connectivity index (χ1v) is 8.76. The first-order valence-electron chi connectivity index (χ1n) is 8.38. The molecule has 136 valence electrons. The molecule has 0 aliphatic rings. The fraction of sp³-hybridized carbons (Fsp3) is 0.150. The SMILES string of the molecule is COc1ccccc1-c1noc(-c2nc(C)n(-c3ccccc3Cl)c2C)n1. The van der Waals surface area contributed by atoms with Gasteiger partial charge in [0.05, 0.1) is 29.1 Å². The minimum Gasteiger partial charge on any atom is -0.496 e. The molecule has 2 heterocycles. The Balaban J connectivity index is 1.79. The Morgan fingerprint density at radius 1 is 1.00 bits per heavy atom. The first-order chi connectivity index (χ1) is 13.1. The molecule has 27 heavy (non-hydrogen) atoms. The maximum atomic E-state index is 6.36. The summed E-state index contributed by atoms with van der Waals surface area (Å²) in [5.41, 5.74) is 3.11. The fourth-order valence-electron chi connectivity index (χ4n) is 3.09. The number of aryl methyl sites for hydroxylation is 1. The van der Waals surface area contributed by atoms with Crippen LogP contribution in [0.3, 0.4) is 0 Å². The molecule has 0 atom stereocenters. The van der Waals surface area contributed by atoms with Crippen molar-refractivity contribution in [3.05, 3.63) is 65.1 Å². The van der Waals surface area contributed by atoms with Crippen molar-refractivity contribution in [1.29, 1.82) is 0 Å². The normalized spacial score (nSPS) is 11.0. The van der Waals surface area contributed by atoms with Crippen LogP contribution < -0.4 is 4.74 Å². The number of aromatic nitrogens is 4. The fourth-order valence-corrected chi connectivity index (χ4v) is 3.31. The van der Waals surface area contributed by atoms with Crippen molar-refractivity contribution in [1.82, 2.24) is 19.7 Å². The predicted octanol–water partition coefficient (Wildman–Crippen LogP) is 4.87. The summed E-state index contributed by atoms with van der Waals surface area (Å²) in [4.78, 5) is 9.15. The number of ether oxygens (including phenoxy) is 1. The number of hydrogen-bond donors (Lipinski definition) is 0. The summed E-state index contributed by atoms with van der Waals surface area (Å²) < 4.78 is 12.8. The van der Waals surface area contributed by atoms with Crippen LogP contribution in [-0.2, 0) is 0 Å². The lowest BCUT2D eigenvalue weighted by molar-refractivity contribution is 0.413. The van der Waals surface area contributed by atoms with Gasteiger partial charge in [-0.05, 0) is 38.1 Å². The molecule has 0 N–H and O–H groups in total. The molecule has 0 aliphatic carbocycles. The van der Waals surface area contributed by atoms with Crippen molar-refractivity contribution < 1.29 is 9.26 Å². The van der Waals surface area contributed by atoms with Gasteiger partial charge in [0.25, 0.3) is 5.89 Å². The van der Waals surface area contributed by atoms with E-state index in [0.717, 1.165) is 22.8 Å². The summed E-state index contributed by atoms with van der Waals surface area (Å²) in [7, 11) is 1.61. The lowest BCUT2D eigenvalue weighted by atomic mass is 10.2. The second kappa shape index (κ2) is 6.89. The largest absolute Gasteiger partial charge is 0.496 e. The van der Waals surface area contributed by atoms with Gasteiger partial charge in [-0.1, -0.05) is 41.0 Å². The quantitative estimate of drug-likeness (QED) is 0.505. The van der Waals surface area contributed by atoms with Crippen LogP contribution in [-0.4, -0.2) is 26.8 Å². The van der Waals surface area contributed by atoms with E-state index in [0.29, 0.717) is 28.2 Å². The van der Waals surface area contributed by atoms with Crippen LogP contribution >= 0.6 is 11.6 Å². The number of nitrogens with zero attached hydrogens (tertiary/aromatic N) is 4. The number of rotatable bonds is 4. The molecule has 0 bridgehead atoms. The standard InChI is InChI=1S/C20H17ClN4O2/c1-12-18(22-13(2)25(12)16-10-6-5-9-15(16)21)20-23-19(24-27-20)14-8-4-7-11-17(14)26-3/h4-11H,1-3H3. The summed E-state index contributed by atoms with van der Waals surface area (Å²) >= 11 is 6.36. The summed E-state index contributed by atoms with van der Waals surface area (Å²) in [6, 6.07) is 15.2. The lowest BCUT2D eigenvalue weighted by Gasteiger charge is -2.09. The maximum Gasteiger partial charge on any atom is 0.278 e. The van der Waals surface area contributed by atoms with Crippen molar-refractivity contribution in [2.45, 2.75) is 13.8 Å². The topological polar surface area (TPSA) is 66.0 Å². The van der Waals surface area contributed by atoms with E-state index >= 15 is 0 Å². The van der Waals surface area contributed by atoms with E-state index < -0.39 is 0 Å². The van der Waals surface area contributed by atoms with Crippen molar-refractivity contribution in [3.8, 4) is 34.4 Å². The van der Waals surface area contributed by atoms with E-state index in [1.807, 2.05) is 66.9 Å². The Hall–Kier alpha value is -3.12. The van der Waals surface area contributed by atoms with E-state index in [1.165, 1.54) is 0 Å². The number of benzene rings is 2. The monoisotopic (exact) mass is 380 g/mol. The molecule has 4 rings (SSSR count). The zero-order valence-electron chi connectivity index (χ0n) is 15.1. The molecule has 0 radical (unpaired) electrons. The van der Waals surface area contributed by atoms with Crippen LogP contribution in [0.4, 0.5) is 0 Å². The summed E-state index contributed by atoms with van der Waals surface area (Å²) in [6.07, 6.45) is 0. The van der Waals surface area contributed by atoms with Crippen molar-refractivity contribution in [3.63, 3.8) is 0 Å². The average Bonchev–Trinajstić information content (AvgIpc) is 3.27. The number of hydrogen-bond acceptors (Lipinski definition) is 5. The van der Waals surface area contributed by atoms with Gasteiger partial charge in [-0.15, -0.1) is 0 Å². The number of imidazole rings is 1. The summed E-state index contributed by atoms with van der Waals surface area (Å²) in [6.45, 7) is 3.86. The van der Waals surface area contributed by atoms with E-state index in [1.54, 1.807) is 7.11 Å². The van der Waals surface area contributed by atoms with Crippen LogP contribution in [0, 0.1) is 13.8 Å². The zero-order chi connectivity index (χ0) is 19.0. The van der Waals surface area contributed by atoms with Gasteiger partial charge in [0.2, 0.25) is 5.82 Å². The van der Waals surface area contributed by atoms with Crippen LogP contribution in [0.1, 0.15) is 11.5 Å². The molecule has 0 spiro atoms. The second-order valence-electron chi connectivity index (χ2n) is 6.00. The first kappa shape index (κ1) is 17.3. The number of para-hydroxylation sites is 2. The van der Waals surface area contributed by atoms with E-state index in [4.69, 9.17) is 20.9 Å². The van der Waals surface area contributed by atoms with Gasteiger partial charge in [0.15, 0.2) is 0 Å². The molecule has 0 fully saturated rings. The minimum atomic E-state index is 0.349. The highest BCUT2D eigenvalue weighted by atomic mass is 35.5. The molecule has 0 aliphatic heterocycles. The smallest absolute Gasteiger partial charge is 0.278 e. The summed E-state index contributed by atoms with van der Waals surface area (Å²) in [5, 5.41) is 4.75. The van der Waals surface area contributed by atoms with Gasteiger partial charge in [-0.2, -0.15) is 4.98 Å². The molecular weight excluding hydrogens is 364 g/mol. The molecule has 2 aromatic carbocycles. The summed E-state index contributed by atoms with van der Waals surface area (Å²) in [5.74, 6) is 2.26. The Bertz CT molecular complexity index is 1120. The zero-order valence-corrected chi connectivity index (χ0v) is 15.9. The van der Waals surface area contributed by atoms with E-state index in [-0.39, 0.29) is 0 Å². The Kier molecular flexibility index (Phi) is 4.41. The van der Waals surface area contributed by atoms with Gasteiger partial charge in [-0.25, -0.2) is 4.98 Å². The van der Waals surface area contributed by atoms with Crippen molar-refractivity contribution in [2.24, 2.45) is 0 Å². The van der Waals surface area contributed by atoms with Crippen LogP contribution in [0.5, 0.6) is 5.75 Å². The second-order valence-corrected chi connectivity index (χ2v) is 6.41. The molecule has 6 nitrogen and oxygen atoms in total. The number of methoxy groups -OCH3 is 1. The van der Waals surface area contributed by atoms with E-state index in [9.17, 15) is 0 Å². The van der Waals surface area contributed by atoms with Crippen LogP contribution in [0.15, 0.2) is 53.1 Å². The van der Waals surface area contributed by atoms with Gasteiger partial charge in [0, 0.05) is 0 Å². The molecule has 7 heteroatoms.